The molecule has 188 valence electrons. The number of anilines is 1. The average molecular weight is 533 g/mol. The van der Waals surface area contributed by atoms with E-state index >= 15 is 0 Å². The third-order valence-corrected chi connectivity index (χ3v) is 8.36. The summed E-state index contributed by atoms with van der Waals surface area (Å²) in [6, 6.07) is 12.4. The second-order valence-corrected chi connectivity index (χ2v) is 11.3. The van der Waals surface area contributed by atoms with Crippen molar-refractivity contribution in [3.8, 4) is 11.3 Å². The van der Waals surface area contributed by atoms with E-state index in [4.69, 9.17) is 11.6 Å². The first-order chi connectivity index (χ1) is 17.3. The van der Waals surface area contributed by atoms with Crippen LogP contribution in [0.1, 0.15) is 29.7 Å². The van der Waals surface area contributed by atoms with Crippen molar-refractivity contribution in [1.29, 1.82) is 0 Å². The van der Waals surface area contributed by atoms with Crippen LogP contribution in [0.2, 0.25) is 5.28 Å². The van der Waals surface area contributed by atoms with Gasteiger partial charge in [-0.25, -0.2) is 4.98 Å². The lowest BCUT2D eigenvalue weighted by Crippen LogP contribution is -2.56. The van der Waals surface area contributed by atoms with Crippen molar-refractivity contribution in [3.05, 3.63) is 58.3 Å². The van der Waals surface area contributed by atoms with Gasteiger partial charge >= 0.3 is 6.18 Å². The molecule has 4 aromatic rings. The second kappa shape index (κ2) is 9.00. The van der Waals surface area contributed by atoms with Gasteiger partial charge in [-0.15, -0.1) is 11.3 Å². The number of H-pyrrole nitrogens is 1. The van der Waals surface area contributed by atoms with E-state index in [1.54, 1.807) is 12.3 Å². The van der Waals surface area contributed by atoms with E-state index in [-0.39, 0.29) is 15.6 Å². The first kappa shape index (κ1) is 23.7. The molecule has 4 heterocycles. The molecule has 6 rings (SSSR count). The predicted molar refractivity (Wildman–Crippen MR) is 135 cm³/mol. The number of aromatic nitrogens is 4. The van der Waals surface area contributed by atoms with Crippen LogP contribution in [0, 0.1) is 5.41 Å². The summed E-state index contributed by atoms with van der Waals surface area (Å²) in [7, 11) is 0. The van der Waals surface area contributed by atoms with Gasteiger partial charge in [-0.3, -0.25) is 5.10 Å². The largest absolute Gasteiger partial charge is 0.393 e. The van der Waals surface area contributed by atoms with Crippen LogP contribution in [0.25, 0.3) is 21.5 Å². The lowest BCUT2D eigenvalue weighted by atomic mass is 9.78. The number of halogens is 4. The molecule has 1 atom stereocenters. The lowest BCUT2D eigenvalue weighted by molar-refractivity contribution is -0.126. The van der Waals surface area contributed by atoms with Crippen LogP contribution in [0.3, 0.4) is 0 Å². The van der Waals surface area contributed by atoms with E-state index in [0.717, 1.165) is 61.5 Å². The monoisotopic (exact) mass is 532 g/mol. The van der Waals surface area contributed by atoms with Crippen LogP contribution in [0.4, 0.5) is 19.0 Å². The molecule has 11 heteroatoms. The second-order valence-electron chi connectivity index (χ2n) is 9.89. The normalized spacial score (nSPS) is 19.3. The first-order valence-electron chi connectivity index (χ1n) is 11.9. The standard InChI is InChI=1S/C25H24ClF3N6S/c26-23-32-21(19-9-18(11-25(27,28)29)36-22(19)33-23)35-13-24(14-35)6-4-17(10-24)30-12-15-2-1-3-16(8-15)20-5-7-31-34-20/h1-3,5,7-9,17,30H,4,6,10-14H2,(H,31,34). The summed E-state index contributed by atoms with van der Waals surface area (Å²) in [5.74, 6) is 0.646. The number of aromatic amines is 1. The van der Waals surface area contributed by atoms with Gasteiger partial charge in [0.1, 0.15) is 10.6 Å². The molecule has 0 amide bonds. The Morgan fingerprint density at radius 3 is 2.83 bits per heavy atom. The molecule has 2 N–H and O–H groups in total. The Morgan fingerprint density at radius 1 is 1.19 bits per heavy atom. The molecule has 1 aliphatic heterocycles. The number of nitrogens with one attached hydrogen (secondary N) is 2. The summed E-state index contributed by atoms with van der Waals surface area (Å²) in [4.78, 5) is 11.4. The maximum Gasteiger partial charge on any atom is 0.393 e. The summed E-state index contributed by atoms with van der Waals surface area (Å²) in [5.41, 5.74) is 3.54. The maximum absolute atomic E-state index is 12.9. The van der Waals surface area contributed by atoms with Gasteiger partial charge in [-0.05, 0) is 60.2 Å². The summed E-state index contributed by atoms with van der Waals surface area (Å²) >= 11 is 7.16. The number of hydrogen-bond acceptors (Lipinski definition) is 6. The molecule has 1 spiro atoms. The van der Waals surface area contributed by atoms with Gasteiger partial charge in [0, 0.05) is 42.2 Å². The van der Waals surface area contributed by atoms with E-state index < -0.39 is 12.6 Å². The Morgan fingerprint density at radius 2 is 2.06 bits per heavy atom. The molecule has 36 heavy (non-hydrogen) atoms. The number of nitrogens with zero attached hydrogens (tertiary/aromatic N) is 4. The van der Waals surface area contributed by atoms with Crippen molar-refractivity contribution in [2.75, 3.05) is 18.0 Å². The Labute approximate surface area is 214 Å². The number of benzene rings is 1. The molecule has 1 aliphatic carbocycles. The van der Waals surface area contributed by atoms with E-state index in [0.29, 0.717) is 22.1 Å². The van der Waals surface area contributed by atoms with Crippen LogP contribution in [-0.2, 0) is 13.0 Å². The summed E-state index contributed by atoms with van der Waals surface area (Å²) in [6.07, 6.45) is -0.198. The van der Waals surface area contributed by atoms with Crippen LogP contribution >= 0.6 is 22.9 Å². The van der Waals surface area contributed by atoms with E-state index in [1.165, 1.54) is 5.56 Å². The molecule has 1 saturated heterocycles. The topological polar surface area (TPSA) is 69.7 Å². The summed E-state index contributed by atoms with van der Waals surface area (Å²) < 4.78 is 38.7. The number of fused-ring (bicyclic) bond motifs is 1. The van der Waals surface area contributed by atoms with Gasteiger partial charge in [0.05, 0.1) is 17.5 Å². The smallest absolute Gasteiger partial charge is 0.355 e. The highest BCUT2D eigenvalue weighted by molar-refractivity contribution is 7.18. The highest BCUT2D eigenvalue weighted by Crippen LogP contribution is 2.48. The molecule has 0 radical (unpaired) electrons. The van der Waals surface area contributed by atoms with Crippen molar-refractivity contribution in [2.24, 2.45) is 5.41 Å². The zero-order valence-corrected chi connectivity index (χ0v) is 20.8. The zero-order chi connectivity index (χ0) is 24.9. The quantitative estimate of drug-likeness (QED) is 0.299. The van der Waals surface area contributed by atoms with Crippen molar-refractivity contribution in [1.82, 2.24) is 25.5 Å². The third kappa shape index (κ3) is 4.81. The van der Waals surface area contributed by atoms with Gasteiger partial charge in [0.25, 0.3) is 0 Å². The molecule has 2 aliphatic rings. The van der Waals surface area contributed by atoms with Crippen molar-refractivity contribution >= 4 is 39.0 Å². The van der Waals surface area contributed by atoms with Gasteiger partial charge in [-0.2, -0.15) is 23.3 Å². The highest BCUT2D eigenvalue weighted by Gasteiger charge is 2.48. The van der Waals surface area contributed by atoms with Crippen LogP contribution in [-0.4, -0.2) is 45.5 Å². The Kier molecular flexibility index (Phi) is 5.93. The lowest BCUT2D eigenvalue weighted by Gasteiger charge is -2.49. The SMILES string of the molecule is FC(F)(F)Cc1cc2c(N3CC4(CCC(NCc5cccc(-c6ccn[nH]6)c5)C4)C3)nc(Cl)nc2s1. The Bertz CT molecular complexity index is 1380. The number of thiophene rings is 1. The zero-order valence-electron chi connectivity index (χ0n) is 19.3. The molecule has 3 aromatic heterocycles. The molecule has 6 nitrogen and oxygen atoms in total. The minimum Gasteiger partial charge on any atom is -0.355 e. The van der Waals surface area contributed by atoms with Crippen LogP contribution in [0.5, 0.6) is 0 Å². The molecule has 2 fully saturated rings. The predicted octanol–water partition coefficient (Wildman–Crippen LogP) is 5.99. The fraction of sp³-hybridized carbons (Fsp3) is 0.400. The fourth-order valence-electron chi connectivity index (χ4n) is 5.57. The fourth-order valence-corrected chi connectivity index (χ4v) is 6.83. The third-order valence-electron chi connectivity index (χ3n) is 7.16. The molecular formula is C25H24ClF3N6S. The van der Waals surface area contributed by atoms with Crippen LogP contribution < -0.4 is 10.2 Å². The number of alkyl halides is 3. The Hall–Kier alpha value is -2.69. The van der Waals surface area contributed by atoms with Crippen molar-refractivity contribution < 1.29 is 13.2 Å². The van der Waals surface area contributed by atoms with Crippen molar-refractivity contribution in [2.45, 2.75) is 44.4 Å². The van der Waals surface area contributed by atoms with E-state index in [2.05, 4.69) is 54.6 Å². The summed E-state index contributed by atoms with van der Waals surface area (Å²) in [5, 5.41) is 11.5. The molecule has 1 unspecified atom stereocenters. The van der Waals surface area contributed by atoms with Crippen molar-refractivity contribution in [3.63, 3.8) is 0 Å². The minimum absolute atomic E-state index is 0.0715. The summed E-state index contributed by atoms with van der Waals surface area (Å²) in [6.45, 7) is 2.45. The van der Waals surface area contributed by atoms with E-state index in [1.807, 2.05) is 6.07 Å². The molecule has 1 saturated carbocycles. The number of hydrogen-bond donors (Lipinski definition) is 2. The first-order valence-corrected chi connectivity index (χ1v) is 13.0. The molecule has 1 aromatic carbocycles. The van der Waals surface area contributed by atoms with Gasteiger partial charge < -0.3 is 10.2 Å². The maximum atomic E-state index is 12.9. The number of rotatable bonds is 6. The van der Waals surface area contributed by atoms with Crippen LogP contribution in [0.15, 0.2) is 42.6 Å². The Balaban J connectivity index is 1.09. The van der Waals surface area contributed by atoms with Gasteiger partial charge in [0.15, 0.2) is 0 Å². The van der Waals surface area contributed by atoms with Gasteiger partial charge in [-0.1, -0.05) is 18.2 Å². The molecular weight excluding hydrogens is 509 g/mol. The average Bonchev–Trinajstić information content (AvgIpc) is 3.55. The minimum atomic E-state index is -4.26. The van der Waals surface area contributed by atoms with Gasteiger partial charge in [0.2, 0.25) is 5.28 Å². The molecule has 0 bridgehead atoms. The van der Waals surface area contributed by atoms with E-state index in [9.17, 15) is 13.2 Å². The highest BCUT2D eigenvalue weighted by atomic mass is 35.5.